The van der Waals surface area contributed by atoms with E-state index in [9.17, 15) is 0 Å². The van der Waals surface area contributed by atoms with Crippen molar-refractivity contribution in [1.82, 2.24) is 0 Å². The van der Waals surface area contributed by atoms with Crippen LogP contribution in [0.1, 0.15) is 39.0 Å². The van der Waals surface area contributed by atoms with E-state index in [1.165, 1.54) is 24.8 Å². The summed E-state index contributed by atoms with van der Waals surface area (Å²) < 4.78 is 11.6. The molecule has 1 aliphatic heterocycles. The molecule has 0 bridgehead atoms. The van der Waals surface area contributed by atoms with E-state index in [0.717, 1.165) is 19.4 Å². The van der Waals surface area contributed by atoms with Crippen LogP contribution >= 0.6 is 0 Å². The Morgan fingerprint density at radius 3 is 2.81 bits per heavy atom. The summed E-state index contributed by atoms with van der Waals surface area (Å²) in [6, 6.07) is 0. The van der Waals surface area contributed by atoms with Gasteiger partial charge in [0.05, 0.1) is 19.0 Å². The Labute approximate surface area is 101 Å². The molecule has 0 aromatic heterocycles. The summed E-state index contributed by atoms with van der Waals surface area (Å²) in [6.45, 7) is 9.76. The number of ether oxygens (including phenoxy) is 1. The first-order valence-electron chi connectivity index (χ1n) is 6.48. The minimum Gasteiger partial charge on any atom is -0.550 e. The van der Waals surface area contributed by atoms with Crippen LogP contribution in [0.2, 0.25) is 19.6 Å². The molecule has 1 atom stereocenters. The highest BCUT2D eigenvalue weighted by molar-refractivity contribution is 6.69. The SMILES string of the molecule is CCCCC1C/C(=C/O[Si](C)(C)C)CCO1. The fraction of sp³-hybridized carbons (Fsp3) is 0.846. The third kappa shape index (κ3) is 5.71. The zero-order valence-electron chi connectivity index (χ0n) is 11.2. The standard InChI is InChI=1S/C13H26O2Si/c1-5-6-7-13-10-12(8-9-14-13)11-15-16(2,3)4/h11,13H,5-10H2,1-4H3/b12-11+. The summed E-state index contributed by atoms with van der Waals surface area (Å²) in [7, 11) is -1.41. The molecule has 1 fully saturated rings. The van der Waals surface area contributed by atoms with Crippen molar-refractivity contribution >= 4 is 8.32 Å². The van der Waals surface area contributed by atoms with Crippen molar-refractivity contribution in [3.05, 3.63) is 11.8 Å². The van der Waals surface area contributed by atoms with Crippen LogP contribution in [0, 0.1) is 0 Å². The molecule has 16 heavy (non-hydrogen) atoms. The molecule has 0 amide bonds. The van der Waals surface area contributed by atoms with E-state index in [1.807, 2.05) is 6.26 Å². The Hall–Kier alpha value is -0.283. The van der Waals surface area contributed by atoms with Crippen LogP contribution in [0.5, 0.6) is 0 Å². The molecule has 94 valence electrons. The van der Waals surface area contributed by atoms with Gasteiger partial charge in [-0.15, -0.1) is 0 Å². The third-order valence-corrected chi connectivity index (χ3v) is 3.55. The van der Waals surface area contributed by atoms with Crippen LogP contribution in [0.25, 0.3) is 0 Å². The third-order valence-electron chi connectivity index (χ3n) is 2.73. The number of hydrogen-bond acceptors (Lipinski definition) is 2. The first-order valence-corrected chi connectivity index (χ1v) is 9.89. The largest absolute Gasteiger partial charge is 0.550 e. The molecule has 0 saturated carbocycles. The molecule has 0 spiro atoms. The number of unbranched alkanes of at least 4 members (excludes halogenated alkanes) is 1. The van der Waals surface area contributed by atoms with Crippen LogP contribution in [0.3, 0.4) is 0 Å². The van der Waals surface area contributed by atoms with E-state index in [4.69, 9.17) is 9.16 Å². The Morgan fingerprint density at radius 1 is 1.44 bits per heavy atom. The van der Waals surface area contributed by atoms with Crippen LogP contribution < -0.4 is 0 Å². The first kappa shape index (κ1) is 13.8. The predicted molar refractivity (Wildman–Crippen MR) is 71.0 cm³/mol. The van der Waals surface area contributed by atoms with Gasteiger partial charge in [-0.2, -0.15) is 0 Å². The molecule has 0 aromatic rings. The summed E-state index contributed by atoms with van der Waals surface area (Å²) in [6.07, 6.45) is 8.30. The fourth-order valence-electron chi connectivity index (χ4n) is 1.79. The average molecular weight is 242 g/mol. The van der Waals surface area contributed by atoms with Crippen LogP contribution in [0.15, 0.2) is 11.8 Å². The lowest BCUT2D eigenvalue weighted by Gasteiger charge is -2.26. The van der Waals surface area contributed by atoms with Gasteiger partial charge in [0, 0.05) is 0 Å². The summed E-state index contributed by atoms with van der Waals surface area (Å²) in [4.78, 5) is 0. The van der Waals surface area contributed by atoms with E-state index in [1.54, 1.807) is 0 Å². The van der Waals surface area contributed by atoms with E-state index < -0.39 is 8.32 Å². The Kier molecular flexibility index (Phi) is 5.56. The molecule has 0 aliphatic carbocycles. The summed E-state index contributed by atoms with van der Waals surface area (Å²) >= 11 is 0. The Morgan fingerprint density at radius 2 is 2.19 bits per heavy atom. The lowest BCUT2D eigenvalue weighted by atomic mass is 10.00. The number of rotatable bonds is 5. The van der Waals surface area contributed by atoms with Crippen molar-refractivity contribution in [3.63, 3.8) is 0 Å². The van der Waals surface area contributed by atoms with Crippen molar-refractivity contribution in [3.8, 4) is 0 Å². The summed E-state index contributed by atoms with van der Waals surface area (Å²) in [5.41, 5.74) is 1.44. The topological polar surface area (TPSA) is 18.5 Å². The van der Waals surface area contributed by atoms with Gasteiger partial charge in [0.2, 0.25) is 8.32 Å². The molecule has 1 heterocycles. The van der Waals surface area contributed by atoms with Gasteiger partial charge >= 0.3 is 0 Å². The lowest BCUT2D eigenvalue weighted by molar-refractivity contribution is 0.0283. The lowest BCUT2D eigenvalue weighted by Crippen LogP contribution is -2.24. The first-order chi connectivity index (χ1) is 7.51. The molecule has 0 radical (unpaired) electrons. The minimum absolute atomic E-state index is 0.435. The molecule has 1 unspecified atom stereocenters. The maximum absolute atomic E-state index is 5.84. The molecule has 1 aliphatic rings. The van der Waals surface area contributed by atoms with Crippen molar-refractivity contribution in [2.45, 2.75) is 64.8 Å². The second-order valence-corrected chi connectivity index (χ2v) is 10.1. The normalized spacial score (nSPS) is 24.8. The van der Waals surface area contributed by atoms with Crippen molar-refractivity contribution in [1.29, 1.82) is 0 Å². The van der Waals surface area contributed by atoms with E-state index in [0.29, 0.717) is 6.10 Å². The minimum atomic E-state index is -1.41. The Bertz CT molecular complexity index is 231. The van der Waals surface area contributed by atoms with Gasteiger partial charge in [0.1, 0.15) is 0 Å². The van der Waals surface area contributed by atoms with E-state index >= 15 is 0 Å². The summed E-state index contributed by atoms with van der Waals surface area (Å²) in [5.74, 6) is 0. The maximum atomic E-state index is 5.84. The summed E-state index contributed by atoms with van der Waals surface area (Å²) in [5, 5.41) is 0. The Balaban J connectivity index is 2.37. The smallest absolute Gasteiger partial charge is 0.241 e. The zero-order valence-corrected chi connectivity index (χ0v) is 12.2. The van der Waals surface area contributed by atoms with Crippen LogP contribution in [-0.2, 0) is 9.16 Å². The second-order valence-electron chi connectivity index (χ2n) is 5.60. The van der Waals surface area contributed by atoms with Gasteiger partial charge in [-0.25, -0.2) is 0 Å². The molecule has 1 saturated heterocycles. The molecular formula is C13H26O2Si. The highest BCUT2D eigenvalue weighted by Crippen LogP contribution is 2.23. The van der Waals surface area contributed by atoms with E-state index in [2.05, 4.69) is 26.6 Å². The maximum Gasteiger partial charge on any atom is 0.241 e. The van der Waals surface area contributed by atoms with Gasteiger partial charge in [-0.1, -0.05) is 19.8 Å². The fourth-order valence-corrected chi connectivity index (χ4v) is 2.31. The monoisotopic (exact) mass is 242 g/mol. The predicted octanol–water partition coefficient (Wildman–Crippen LogP) is 4.09. The van der Waals surface area contributed by atoms with Gasteiger partial charge in [-0.05, 0) is 44.5 Å². The quantitative estimate of drug-likeness (QED) is 0.534. The van der Waals surface area contributed by atoms with Gasteiger partial charge < -0.3 is 9.16 Å². The molecule has 1 rings (SSSR count). The van der Waals surface area contributed by atoms with Crippen molar-refractivity contribution in [2.24, 2.45) is 0 Å². The average Bonchev–Trinajstić information content (AvgIpc) is 2.23. The zero-order chi connectivity index (χ0) is 12.0. The molecule has 0 aromatic carbocycles. The van der Waals surface area contributed by atoms with Crippen molar-refractivity contribution < 1.29 is 9.16 Å². The van der Waals surface area contributed by atoms with E-state index in [-0.39, 0.29) is 0 Å². The number of hydrogen-bond donors (Lipinski definition) is 0. The highest BCUT2D eigenvalue weighted by Gasteiger charge is 2.19. The van der Waals surface area contributed by atoms with Crippen molar-refractivity contribution in [2.75, 3.05) is 6.61 Å². The molecular weight excluding hydrogens is 216 g/mol. The van der Waals surface area contributed by atoms with Gasteiger partial charge in [0.25, 0.3) is 0 Å². The van der Waals surface area contributed by atoms with Gasteiger partial charge in [-0.3, -0.25) is 0 Å². The highest BCUT2D eigenvalue weighted by atomic mass is 28.4. The molecule has 0 N–H and O–H groups in total. The van der Waals surface area contributed by atoms with Crippen LogP contribution in [0.4, 0.5) is 0 Å². The molecule has 2 nitrogen and oxygen atoms in total. The van der Waals surface area contributed by atoms with Crippen LogP contribution in [-0.4, -0.2) is 21.0 Å². The second kappa shape index (κ2) is 6.45. The molecule has 3 heteroatoms. The van der Waals surface area contributed by atoms with Gasteiger partial charge in [0.15, 0.2) is 0 Å².